The minimum Gasteiger partial charge on any atom is -0.439 e. The number of nitrogens with one attached hydrogen (secondary N) is 1. The molecule has 0 bridgehead atoms. The van der Waals surface area contributed by atoms with Gasteiger partial charge in [0.2, 0.25) is 5.89 Å². The number of carbonyl (C=O) groups excluding carboxylic acids is 1. The second kappa shape index (κ2) is 6.55. The molecule has 7 nitrogen and oxygen atoms in total. The van der Waals surface area contributed by atoms with Crippen LogP contribution >= 0.6 is 0 Å². The van der Waals surface area contributed by atoms with Crippen LogP contribution in [-0.4, -0.2) is 27.0 Å². The quantitative estimate of drug-likeness (QED) is 0.722. The summed E-state index contributed by atoms with van der Waals surface area (Å²) < 4.78 is 21.5. The van der Waals surface area contributed by atoms with Crippen molar-refractivity contribution < 1.29 is 13.6 Å². The van der Waals surface area contributed by atoms with Gasteiger partial charge in [-0.15, -0.1) is 0 Å². The smallest absolute Gasteiger partial charge is 0.277 e. The zero-order valence-corrected chi connectivity index (χ0v) is 13.6. The average Bonchev–Trinajstić information content (AvgIpc) is 3.14. The number of benzene rings is 1. The number of aldehydes is 1. The van der Waals surface area contributed by atoms with Crippen LogP contribution in [0, 0.1) is 0 Å². The molecule has 8 heteroatoms. The number of hydrogen-bond donors (Lipinski definition) is 1. The van der Waals surface area contributed by atoms with Crippen molar-refractivity contribution >= 4 is 12.0 Å². The summed E-state index contributed by atoms with van der Waals surface area (Å²) in [4.78, 5) is 31.4. The molecule has 0 saturated heterocycles. The maximum absolute atomic E-state index is 14.6. The van der Waals surface area contributed by atoms with Crippen molar-refractivity contribution in [3.8, 4) is 11.5 Å². The van der Waals surface area contributed by atoms with Crippen molar-refractivity contribution in [3.63, 3.8) is 0 Å². The number of rotatable bonds is 4. The largest absolute Gasteiger partial charge is 0.439 e. The van der Waals surface area contributed by atoms with Gasteiger partial charge in [-0.3, -0.25) is 9.36 Å². The zero-order chi connectivity index (χ0) is 18.1. The van der Waals surface area contributed by atoms with E-state index in [0.717, 1.165) is 5.56 Å². The SMILES string of the molecule is O=CCn1cnc2c(c1=O)NC(c1cnc(-c3ccccc3)o1)C(F)C2. The van der Waals surface area contributed by atoms with E-state index in [1.807, 2.05) is 30.3 Å². The molecule has 0 spiro atoms. The molecular formula is C18H15FN4O3. The van der Waals surface area contributed by atoms with Crippen LogP contribution in [0.5, 0.6) is 0 Å². The van der Waals surface area contributed by atoms with Gasteiger partial charge in [-0.2, -0.15) is 0 Å². The van der Waals surface area contributed by atoms with E-state index in [1.165, 1.54) is 17.1 Å². The van der Waals surface area contributed by atoms with Gasteiger partial charge in [0, 0.05) is 12.0 Å². The summed E-state index contributed by atoms with van der Waals surface area (Å²) in [6.07, 6.45) is 1.97. The van der Waals surface area contributed by atoms with Gasteiger partial charge in [-0.1, -0.05) is 18.2 Å². The number of halogens is 1. The monoisotopic (exact) mass is 354 g/mol. The first-order chi connectivity index (χ1) is 12.7. The number of hydrogen-bond acceptors (Lipinski definition) is 6. The minimum absolute atomic E-state index is 0.0223. The highest BCUT2D eigenvalue weighted by Crippen LogP contribution is 2.33. The first-order valence-corrected chi connectivity index (χ1v) is 8.11. The maximum Gasteiger partial charge on any atom is 0.277 e. The Bertz CT molecular complexity index is 999. The number of carbonyl (C=O) groups is 1. The fraction of sp³-hybridized carbons (Fsp3) is 0.222. The molecule has 2 atom stereocenters. The topological polar surface area (TPSA) is 90.0 Å². The summed E-state index contributed by atoms with van der Waals surface area (Å²) in [7, 11) is 0. The van der Waals surface area contributed by atoms with Gasteiger partial charge >= 0.3 is 0 Å². The fourth-order valence-corrected chi connectivity index (χ4v) is 2.98. The lowest BCUT2D eigenvalue weighted by molar-refractivity contribution is -0.108. The lowest BCUT2D eigenvalue weighted by Gasteiger charge is -2.27. The van der Waals surface area contributed by atoms with E-state index in [4.69, 9.17) is 4.42 Å². The van der Waals surface area contributed by atoms with Gasteiger partial charge < -0.3 is 14.5 Å². The average molecular weight is 354 g/mol. The summed E-state index contributed by atoms with van der Waals surface area (Å²) in [6.45, 7) is -0.106. The van der Waals surface area contributed by atoms with Crippen LogP contribution in [0.1, 0.15) is 17.5 Å². The van der Waals surface area contributed by atoms with E-state index in [0.29, 0.717) is 23.6 Å². The molecule has 0 fully saturated rings. The second-order valence-electron chi connectivity index (χ2n) is 5.97. The van der Waals surface area contributed by atoms with Gasteiger partial charge in [0.15, 0.2) is 0 Å². The van der Waals surface area contributed by atoms with Crippen LogP contribution < -0.4 is 10.9 Å². The van der Waals surface area contributed by atoms with Crippen LogP contribution in [0.4, 0.5) is 10.1 Å². The number of anilines is 1. The Kier molecular flexibility index (Phi) is 4.08. The van der Waals surface area contributed by atoms with E-state index in [9.17, 15) is 14.0 Å². The van der Waals surface area contributed by atoms with Gasteiger partial charge in [-0.25, -0.2) is 14.4 Å². The van der Waals surface area contributed by atoms with Crippen LogP contribution in [0.3, 0.4) is 0 Å². The highest BCUT2D eigenvalue weighted by molar-refractivity contribution is 5.55. The Labute approximate surface area is 147 Å². The molecule has 0 amide bonds. The Balaban J connectivity index is 1.67. The highest BCUT2D eigenvalue weighted by Gasteiger charge is 2.34. The molecule has 0 saturated carbocycles. The third-order valence-corrected chi connectivity index (χ3v) is 4.29. The Morgan fingerprint density at radius 3 is 2.88 bits per heavy atom. The van der Waals surface area contributed by atoms with Crippen molar-refractivity contribution in [2.45, 2.75) is 25.2 Å². The third-order valence-electron chi connectivity index (χ3n) is 4.29. The molecule has 1 aliphatic rings. The molecule has 3 aromatic rings. The van der Waals surface area contributed by atoms with Crippen LogP contribution in [0.25, 0.3) is 11.5 Å². The Hall–Kier alpha value is -3.29. The molecule has 4 rings (SSSR count). The number of aromatic nitrogens is 3. The first-order valence-electron chi connectivity index (χ1n) is 8.11. The van der Waals surface area contributed by atoms with Crippen LogP contribution in [0.15, 0.2) is 52.1 Å². The molecule has 0 radical (unpaired) electrons. The maximum atomic E-state index is 14.6. The highest BCUT2D eigenvalue weighted by atomic mass is 19.1. The number of nitrogens with zero attached hydrogens (tertiary/aromatic N) is 3. The van der Waals surface area contributed by atoms with Crippen molar-refractivity contribution in [1.29, 1.82) is 0 Å². The molecule has 2 aromatic heterocycles. The number of oxazole rings is 1. The molecule has 0 aliphatic carbocycles. The van der Waals surface area contributed by atoms with Gasteiger partial charge in [-0.05, 0) is 12.1 Å². The predicted octanol–water partition coefficient (Wildman–Crippen LogP) is 2.14. The number of fused-ring (bicyclic) bond motifs is 1. The van der Waals surface area contributed by atoms with Crippen LogP contribution in [-0.2, 0) is 17.8 Å². The van der Waals surface area contributed by atoms with Crippen molar-refractivity contribution in [2.24, 2.45) is 0 Å². The van der Waals surface area contributed by atoms with Crippen molar-refractivity contribution in [1.82, 2.24) is 14.5 Å². The summed E-state index contributed by atoms with van der Waals surface area (Å²) in [5.41, 5.74) is 0.886. The standard InChI is InChI=1S/C18H15FN4O3/c19-12-8-13-16(18(25)23(6-7-24)10-21-13)22-15(12)14-9-20-17(26-14)11-4-2-1-3-5-11/h1-5,7,9-10,12,15,22H,6,8H2. The molecule has 26 heavy (non-hydrogen) atoms. The first kappa shape index (κ1) is 16.2. The summed E-state index contributed by atoms with van der Waals surface area (Å²) in [5.74, 6) is 0.678. The normalized spacial score (nSPS) is 18.8. The molecule has 2 unspecified atom stereocenters. The molecular weight excluding hydrogens is 339 g/mol. The van der Waals surface area contributed by atoms with Crippen molar-refractivity contribution in [3.05, 3.63) is 64.7 Å². The van der Waals surface area contributed by atoms with E-state index < -0.39 is 17.8 Å². The third kappa shape index (κ3) is 2.79. The van der Waals surface area contributed by atoms with E-state index in [2.05, 4.69) is 15.3 Å². The van der Waals surface area contributed by atoms with Gasteiger partial charge in [0.25, 0.3) is 5.56 Å². The predicted molar refractivity (Wildman–Crippen MR) is 91.5 cm³/mol. The molecule has 1 aromatic carbocycles. The van der Waals surface area contributed by atoms with E-state index in [-0.39, 0.29) is 18.7 Å². The zero-order valence-electron chi connectivity index (χ0n) is 13.6. The summed E-state index contributed by atoms with van der Waals surface area (Å²) >= 11 is 0. The second-order valence-corrected chi connectivity index (χ2v) is 5.97. The number of alkyl halides is 1. The minimum atomic E-state index is -1.33. The lowest BCUT2D eigenvalue weighted by atomic mass is 9.99. The van der Waals surface area contributed by atoms with Gasteiger partial charge in [0.1, 0.15) is 29.9 Å². The summed E-state index contributed by atoms with van der Waals surface area (Å²) in [6, 6.07) is 8.42. The van der Waals surface area contributed by atoms with E-state index in [1.54, 1.807) is 0 Å². The lowest BCUT2D eigenvalue weighted by Crippen LogP contribution is -2.36. The molecule has 3 heterocycles. The van der Waals surface area contributed by atoms with Crippen molar-refractivity contribution in [2.75, 3.05) is 5.32 Å². The summed E-state index contributed by atoms with van der Waals surface area (Å²) in [5, 5.41) is 2.87. The molecule has 1 N–H and O–H groups in total. The molecule has 132 valence electrons. The van der Waals surface area contributed by atoms with E-state index >= 15 is 0 Å². The van der Waals surface area contributed by atoms with Gasteiger partial charge in [0.05, 0.1) is 24.8 Å². The Morgan fingerprint density at radius 2 is 2.12 bits per heavy atom. The van der Waals surface area contributed by atoms with Crippen LogP contribution in [0.2, 0.25) is 0 Å². The molecule has 1 aliphatic heterocycles. The Morgan fingerprint density at radius 1 is 1.31 bits per heavy atom. The fourth-order valence-electron chi connectivity index (χ4n) is 2.98.